The van der Waals surface area contributed by atoms with Gasteiger partial charge in [0.05, 0.1) is 0 Å². The van der Waals surface area contributed by atoms with Crippen molar-refractivity contribution in [2.24, 2.45) is 0 Å². The van der Waals surface area contributed by atoms with E-state index in [-0.39, 0.29) is 0 Å². The number of hydrogen-bond acceptors (Lipinski definition) is 2. The molecule has 1 aliphatic carbocycles. The zero-order valence-corrected chi connectivity index (χ0v) is 8.72. The fourth-order valence-electron chi connectivity index (χ4n) is 1.63. The van der Waals surface area contributed by atoms with E-state index >= 15 is 0 Å². The van der Waals surface area contributed by atoms with E-state index in [4.69, 9.17) is 9.47 Å². The molecule has 1 heterocycles. The van der Waals surface area contributed by atoms with Crippen molar-refractivity contribution in [3.8, 4) is 0 Å². The van der Waals surface area contributed by atoms with E-state index < -0.39 is 11.6 Å². The summed E-state index contributed by atoms with van der Waals surface area (Å²) in [5, 5.41) is 0. The number of rotatable bonds is 0. The largest absolute Gasteiger partial charge is 0.315 e. The molecular formula is C9H11BrO2. The average Bonchev–Trinajstić information content (AvgIpc) is 1.81. The summed E-state index contributed by atoms with van der Waals surface area (Å²) >= 11 is 3.43. The van der Waals surface area contributed by atoms with Crippen molar-refractivity contribution in [3.05, 3.63) is 22.7 Å². The molecule has 0 aromatic carbocycles. The van der Waals surface area contributed by atoms with E-state index in [1.807, 2.05) is 32.1 Å². The first-order chi connectivity index (χ1) is 5.52. The van der Waals surface area contributed by atoms with Crippen molar-refractivity contribution in [2.75, 3.05) is 0 Å². The maximum Gasteiger partial charge on any atom is 0.198 e. The summed E-state index contributed by atoms with van der Waals surface area (Å²) in [6, 6.07) is 0. The van der Waals surface area contributed by atoms with E-state index in [2.05, 4.69) is 15.9 Å². The van der Waals surface area contributed by atoms with Gasteiger partial charge in [-0.05, 0) is 19.9 Å². The van der Waals surface area contributed by atoms with E-state index in [0.717, 1.165) is 10.9 Å². The molecule has 1 fully saturated rings. The molecule has 3 heteroatoms. The van der Waals surface area contributed by atoms with Crippen LogP contribution in [-0.4, -0.2) is 11.6 Å². The molecule has 1 saturated heterocycles. The Morgan fingerprint density at radius 1 is 1.42 bits per heavy atom. The van der Waals surface area contributed by atoms with Gasteiger partial charge in [-0.15, -0.1) is 0 Å². The molecule has 0 unspecified atom stereocenters. The summed E-state index contributed by atoms with van der Waals surface area (Å²) in [5.74, 6) is -0.911. The van der Waals surface area contributed by atoms with Crippen LogP contribution in [0.3, 0.4) is 0 Å². The average molecular weight is 231 g/mol. The van der Waals surface area contributed by atoms with Crippen molar-refractivity contribution in [3.63, 3.8) is 0 Å². The molecule has 0 radical (unpaired) electrons. The lowest BCUT2D eigenvalue weighted by atomic mass is 10.0. The van der Waals surface area contributed by atoms with Crippen LogP contribution in [0.2, 0.25) is 0 Å². The van der Waals surface area contributed by atoms with Gasteiger partial charge in [-0.3, -0.25) is 0 Å². The highest BCUT2D eigenvalue weighted by atomic mass is 79.9. The Hall–Kier alpha value is -0.120. The summed E-state index contributed by atoms with van der Waals surface area (Å²) < 4.78 is 12.4. The highest BCUT2D eigenvalue weighted by Crippen LogP contribution is 2.45. The van der Waals surface area contributed by atoms with Crippen LogP contribution < -0.4 is 0 Å². The smallest absolute Gasteiger partial charge is 0.198 e. The lowest BCUT2D eigenvalue weighted by Gasteiger charge is -2.51. The molecule has 66 valence electrons. The first kappa shape index (κ1) is 8.48. The zero-order valence-electron chi connectivity index (χ0n) is 7.13. The normalized spacial score (nSPS) is 29.8. The van der Waals surface area contributed by atoms with Crippen molar-refractivity contribution >= 4 is 15.9 Å². The van der Waals surface area contributed by atoms with Gasteiger partial charge < -0.3 is 9.47 Å². The van der Waals surface area contributed by atoms with Gasteiger partial charge in [0.15, 0.2) is 11.6 Å². The predicted molar refractivity (Wildman–Crippen MR) is 49.7 cm³/mol. The minimum absolute atomic E-state index is 0.422. The van der Waals surface area contributed by atoms with Crippen LogP contribution in [0.5, 0.6) is 0 Å². The van der Waals surface area contributed by atoms with E-state index in [1.165, 1.54) is 0 Å². The fraction of sp³-hybridized carbons (Fsp3) is 0.556. The zero-order chi connectivity index (χ0) is 8.82. The van der Waals surface area contributed by atoms with Gasteiger partial charge >= 0.3 is 0 Å². The Morgan fingerprint density at radius 2 is 2.08 bits per heavy atom. The molecule has 0 saturated carbocycles. The maximum atomic E-state index is 5.65. The Kier molecular flexibility index (Phi) is 1.72. The van der Waals surface area contributed by atoms with Crippen molar-refractivity contribution in [1.29, 1.82) is 0 Å². The molecule has 2 aliphatic rings. The standard InChI is InChI=1S/C9H11BrO2/c1-8(2)11-9(12-8)5-3-4-7(10)6-9/h3-5H,6H2,1-2H3. The van der Waals surface area contributed by atoms with Crippen LogP contribution in [0, 0.1) is 0 Å². The minimum atomic E-state index is -0.489. The highest BCUT2D eigenvalue weighted by Gasteiger charge is 2.51. The van der Waals surface area contributed by atoms with E-state index in [1.54, 1.807) is 0 Å². The third-order valence-corrected chi connectivity index (χ3v) is 2.42. The van der Waals surface area contributed by atoms with Crippen LogP contribution in [0.15, 0.2) is 22.7 Å². The Morgan fingerprint density at radius 3 is 2.58 bits per heavy atom. The SMILES string of the molecule is CC1(C)OC2(C=CC=C(Br)C2)O1. The monoisotopic (exact) mass is 230 g/mol. The number of ether oxygens (including phenoxy) is 2. The van der Waals surface area contributed by atoms with Gasteiger partial charge in [0.1, 0.15) is 0 Å². The van der Waals surface area contributed by atoms with Crippen molar-refractivity contribution in [2.45, 2.75) is 31.8 Å². The second kappa shape index (κ2) is 2.44. The fourth-order valence-corrected chi connectivity index (χ4v) is 2.18. The Labute approximate surface area is 80.4 Å². The van der Waals surface area contributed by atoms with Crippen molar-refractivity contribution in [1.82, 2.24) is 0 Å². The Balaban J connectivity index is 2.10. The van der Waals surface area contributed by atoms with Crippen LogP contribution in [0.4, 0.5) is 0 Å². The molecule has 2 nitrogen and oxygen atoms in total. The third-order valence-electron chi connectivity index (χ3n) is 1.88. The summed E-state index contributed by atoms with van der Waals surface area (Å²) in [4.78, 5) is 0. The molecule has 1 spiro atoms. The summed E-state index contributed by atoms with van der Waals surface area (Å²) in [7, 11) is 0. The molecule has 12 heavy (non-hydrogen) atoms. The molecule has 2 rings (SSSR count). The lowest BCUT2D eigenvalue weighted by molar-refractivity contribution is -0.476. The molecule has 0 bridgehead atoms. The van der Waals surface area contributed by atoms with Gasteiger partial charge in [-0.1, -0.05) is 28.1 Å². The van der Waals surface area contributed by atoms with Gasteiger partial charge in [0, 0.05) is 10.9 Å². The van der Waals surface area contributed by atoms with E-state index in [9.17, 15) is 0 Å². The summed E-state index contributed by atoms with van der Waals surface area (Å²) in [5.41, 5.74) is 0. The second-order valence-corrected chi connectivity index (χ2v) is 4.58. The molecular weight excluding hydrogens is 220 g/mol. The van der Waals surface area contributed by atoms with Crippen LogP contribution >= 0.6 is 15.9 Å². The molecule has 1 aliphatic heterocycles. The number of allylic oxidation sites excluding steroid dienone is 2. The molecule has 0 aromatic heterocycles. The minimum Gasteiger partial charge on any atom is -0.315 e. The predicted octanol–water partition coefficient (Wildman–Crippen LogP) is 2.70. The van der Waals surface area contributed by atoms with Crippen LogP contribution in [0.25, 0.3) is 0 Å². The third kappa shape index (κ3) is 1.37. The Bertz CT molecular complexity index is 258. The maximum absolute atomic E-state index is 5.65. The molecule has 0 aromatic rings. The number of hydrogen-bond donors (Lipinski definition) is 0. The lowest BCUT2D eigenvalue weighted by Crippen LogP contribution is -2.58. The van der Waals surface area contributed by atoms with Crippen molar-refractivity contribution < 1.29 is 9.47 Å². The summed E-state index contributed by atoms with van der Waals surface area (Å²) in [6.07, 6.45) is 6.67. The number of halogens is 1. The highest BCUT2D eigenvalue weighted by molar-refractivity contribution is 9.11. The molecule has 0 N–H and O–H groups in total. The van der Waals surface area contributed by atoms with Gasteiger partial charge in [0.25, 0.3) is 0 Å². The van der Waals surface area contributed by atoms with Gasteiger partial charge in [-0.2, -0.15) is 0 Å². The first-order valence-electron chi connectivity index (χ1n) is 3.96. The first-order valence-corrected chi connectivity index (χ1v) is 4.75. The van der Waals surface area contributed by atoms with E-state index in [0.29, 0.717) is 0 Å². The molecule has 0 amide bonds. The second-order valence-electron chi connectivity index (χ2n) is 3.57. The van der Waals surface area contributed by atoms with Crippen LogP contribution in [-0.2, 0) is 9.47 Å². The molecule has 0 atom stereocenters. The summed E-state index contributed by atoms with van der Waals surface area (Å²) in [6.45, 7) is 3.83. The van der Waals surface area contributed by atoms with Gasteiger partial charge in [-0.25, -0.2) is 0 Å². The quantitative estimate of drug-likeness (QED) is 0.638. The van der Waals surface area contributed by atoms with Crippen LogP contribution in [0.1, 0.15) is 20.3 Å². The van der Waals surface area contributed by atoms with Gasteiger partial charge in [0.2, 0.25) is 0 Å². The topological polar surface area (TPSA) is 18.5 Å².